The van der Waals surface area contributed by atoms with Crippen LogP contribution in [0.5, 0.6) is 0 Å². The average Bonchev–Trinajstić information content (AvgIpc) is 2.24. The third-order valence-electron chi connectivity index (χ3n) is 2.79. The summed E-state index contributed by atoms with van der Waals surface area (Å²) in [6.07, 6.45) is 3.09. The van der Waals surface area contributed by atoms with Gasteiger partial charge in [0.15, 0.2) is 0 Å². The van der Waals surface area contributed by atoms with Crippen molar-refractivity contribution in [1.82, 2.24) is 15.3 Å². The van der Waals surface area contributed by atoms with Gasteiger partial charge in [0.1, 0.15) is 17.2 Å². The molecule has 3 N–H and O–H groups in total. The Kier molecular flexibility index (Phi) is 2.41. The van der Waals surface area contributed by atoms with Crippen LogP contribution in [0.3, 0.4) is 0 Å². The molecule has 0 unspecified atom stereocenters. The van der Waals surface area contributed by atoms with Gasteiger partial charge < -0.3 is 16.0 Å². The van der Waals surface area contributed by atoms with E-state index >= 15 is 0 Å². The molecule has 0 aromatic carbocycles. The predicted molar refractivity (Wildman–Crippen MR) is 60.9 cm³/mol. The van der Waals surface area contributed by atoms with Crippen molar-refractivity contribution >= 4 is 17.5 Å². The molecule has 1 fully saturated rings. The number of carbonyl (C=O) groups is 1. The van der Waals surface area contributed by atoms with Gasteiger partial charge >= 0.3 is 0 Å². The smallest absolute Gasteiger partial charge is 0.245 e. The van der Waals surface area contributed by atoms with Crippen molar-refractivity contribution in [1.29, 1.82) is 0 Å². The number of carbonyl (C=O) groups excluding carboxylic acids is 1. The summed E-state index contributed by atoms with van der Waals surface area (Å²) in [6, 6.07) is 0. The summed E-state index contributed by atoms with van der Waals surface area (Å²) in [5, 5.41) is 2.83. The van der Waals surface area contributed by atoms with Crippen molar-refractivity contribution in [2.24, 2.45) is 0 Å². The van der Waals surface area contributed by atoms with Gasteiger partial charge in [0.05, 0.1) is 12.4 Å². The van der Waals surface area contributed by atoms with Gasteiger partial charge in [-0.15, -0.1) is 0 Å². The monoisotopic (exact) mass is 221 g/mol. The lowest BCUT2D eigenvalue weighted by molar-refractivity contribution is -0.126. The van der Waals surface area contributed by atoms with E-state index in [-0.39, 0.29) is 5.91 Å². The largest absolute Gasteiger partial charge is 0.382 e. The zero-order chi connectivity index (χ0) is 11.8. The van der Waals surface area contributed by atoms with Gasteiger partial charge in [-0.2, -0.15) is 0 Å². The molecular formula is C10H15N5O. The van der Waals surface area contributed by atoms with Crippen molar-refractivity contribution in [3.63, 3.8) is 0 Å². The zero-order valence-corrected chi connectivity index (χ0v) is 9.40. The van der Waals surface area contributed by atoms with E-state index in [1.165, 1.54) is 6.20 Å². The minimum absolute atomic E-state index is 0.00243. The van der Waals surface area contributed by atoms with Gasteiger partial charge in [0.2, 0.25) is 5.91 Å². The van der Waals surface area contributed by atoms with E-state index in [1.54, 1.807) is 6.20 Å². The fraction of sp³-hybridized carbons (Fsp3) is 0.500. The summed E-state index contributed by atoms with van der Waals surface area (Å²) in [7, 11) is 0. The van der Waals surface area contributed by atoms with Crippen molar-refractivity contribution in [3.05, 3.63) is 12.4 Å². The number of nitrogens with one attached hydrogen (secondary N) is 1. The maximum atomic E-state index is 11.7. The number of hydrogen-bond acceptors (Lipinski definition) is 5. The fourth-order valence-electron chi connectivity index (χ4n) is 1.77. The standard InChI is InChI=1S/C10H15N5O/c1-10(2)9(16)12-3-4-15(10)8-6-13-7(11)5-14-8/h5-6H,3-4H2,1-2H3,(H2,11,13)(H,12,16). The lowest BCUT2D eigenvalue weighted by Crippen LogP contribution is -2.62. The number of aromatic nitrogens is 2. The van der Waals surface area contributed by atoms with E-state index in [9.17, 15) is 4.79 Å². The first-order valence-electron chi connectivity index (χ1n) is 5.15. The molecular weight excluding hydrogens is 206 g/mol. The summed E-state index contributed by atoms with van der Waals surface area (Å²) >= 11 is 0. The Morgan fingerprint density at radius 3 is 2.81 bits per heavy atom. The molecule has 2 heterocycles. The van der Waals surface area contributed by atoms with Crippen LogP contribution in [0.2, 0.25) is 0 Å². The van der Waals surface area contributed by atoms with E-state index in [2.05, 4.69) is 15.3 Å². The summed E-state index contributed by atoms with van der Waals surface area (Å²) in [6.45, 7) is 5.06. The van der Waals surface area contributed by atoms with Crippen molar-refractivity contribution in [2.45, 2.75) is 19.4 Å². The highest BCUT2D eigenvalue weighted by Crippen LogP contribution is 2.23. The molecule has 1 saturated heterocycles. The summed E-state index contributed by atoms with van der Waals surface area (Å²) in [4.78, 5) is 21.8. The number of rotatable bonds is 1. The van der Waals surface area contributed by atoms with Crippen molar-refractivity contribution < 1.29 is 4.79 Å². The Bertz CT molecular complexity index is 400. The summed E-state index contributed by atoms with van der Waals surface area (Å²) < 4.78 is 0. The second-order valence-electron chi connectivity index (χ2n) is 4.27. The Morgan fingerprint density at radius 1 is 1.44 bits per heavy atom. The van der Waals surface area contributed by atoms with Crippen LogP contribution < -0.4 is 16.0 Å². The molecule has 0 bridgehead atoms. The molecule has 0 saturated carbocycles. The highest BCUT2D eigenvalue weighted by Gasteiger charge is 2.38. The first-order valence-corrected chi connectivity index (χ1v) is 5.15. The number of hydrogen-bond donors (Lipinski definition) is 2. The molecule has 0 spiro atoms. The molecule has 6 heteroatoms. The van der Waals surface area contributed by atoms with Crippen LogP contribution >= 0.6 is 0 Å². The third kappa shape index (κ3) is 1.66. The number of anilines is 2. The van der Waals surface area contributed by atoms with Crippen molar-refractivity contribution in [2.75, 3.05) is 23.7 Å². The van der Waals surface area contributed by atoms with Gasteiger partial charge in [-0.05, 0) is 13.8 Å². The molecule has 2 rings (SSSR count). The normalized spacial score (nSPS) is 19.4. The van der Waals surface area contributed by atoms with Crippen LogP contribution in [0.15, 0.2) is 12.4 Å². The second-order valence-corrected chi connectivity index (χ2v) is 4.27. The molecule has 1 aromatic heterocycles. The van der Waals surface area contributed by atoms with Gasteiger partial charge in [0, 0.05) is 13.1 Å². The first-order chi connectivity index (χ1) is 7.51. The molecule has 6 nitrogen and oxygen atoms in total. The van der Waals surface area contributed by atoms with Crippen LogP contribution in [0.1, 0.15) is 13.8 Å². The zero-order valence-electron chi connectivity index (χ0n) is 9.40. The molecule has 1 aliphatic heterocycles. The maximum Gasteiger partial charge on any atom is 0.245 e. The van der Waals surface area contributed by atoms with Crippen LogP contribution in [0.4, 0.5) is 11.6 Å². The first kappa shape index (κ1) is 10.7. The Balaban J connectivity index is 2.32. The Hall–Kier alpha value is -1.85. The average molecular weight is 221 g/mol. The summed E-state index contributed by atoms with van der Waals surface area (Å²) in [5.74, 6) is 1.05. The second kappa shape index (κ2) is 3.62. The molecule has 1 amide bonds. The number of piperazine rings is 1. The Labute approximate surface area is 93.9 Å². The quantitative estimate of drug-likeness (QED) is 0.684. The molecule has 0 radical (unpaired) electrons. The highest BCUT2D eigenvalue weighted by molar-refractivity contribution is 5.90. The van der Waals surface area contributed by atoms with Gasteiger partial charge in [-0.1, -0.05) is 0 Å². The topological polar surface area (TPSA) is 84.1 Å². The van der Waals surface area contributed by atoms with E-state index in [0.717, 1.165) is 6.54 Å². The molecule has 0 atom stereocenters. The number of nitrogens with zero attached hydrogens (tertiary/aromatic N) is 3. The van der Waals surface area contributed by atoms with Crippen LogP contribution in [-0.2, 0) is 4.79 Å². The van der Waals surface area contributed by atoms with Crippen molar-refractivity contribution in [3.8, 4) is 0 Å². The van der Waals surface area contributed by atoms with Gasteiger partial charge in [0.25, 0.3) is 0 Å². The van der Waals surface area contributed by atoms with E-state index in [0.29, 0.717) is 18.2 Å². The lowest BCUT2D eigenvalue weighted by Gasteiger charge is -2.41. The van der Waals surface area contributed by atoms with Crippen LogP contribution in [0.25, 0.3) is 0 Å². The molecule has 1 aliphatic rings. The van der Waals surface area contributed by atoms with Crippen LogP contribution in [0, 0.1) is 0 Å². The summed E-state index contributed by atoms with van der Waals surface area (Å²) in [5.41, 5.74) is 4.87. The molecule has 16 heavy (non-hydrogen) atoms. The van der Waals surface area contributed by atoms with Gasteiger partial charge in [-0.25, -0.2) is 9.97 Å². The lowest BCUT2D eigenvalue weighted by atomic mass is 9.99. The van der Waals surface area contributed by atoms with E-state index in [4.69, 9.17) is 5.73 Å². The van der Waals surface area contributed by atoms with E-state index < -0.39 is 5.54 Å². The van der Waals surface area contributed by atoms with E-state index in [1.807, 2.05) is 18.7 Å². The number of nitrogens with two attached hydrogens (primary N) is 1. The highest BCUT2D eigenvalue weighted by atomic mass is 16.2. The predicted octanol–water partition coefficient (Wildman–Crippen LogP) is -0.226. The minimum atomic E-state index is -0.608. The minimum Gasteiger partial charge on any atom is -0.382 e. The number of amides is 1. The SMILES string of the molecule is CC1(C)C(=O)NCCN1c1cnc(N)cn1. The fourth-order valence-corrected chi connectivity index (χ4v) is 1.77. The van der Waals surface area contributed by atoms with Gasteiger partial charge in [-0.3, -0.25) is 4.79 Å². The molecule has 86 valence electrons. The Morgan fingerprint density at radius 2 is 2.19 bits per heavy atom. The third-order valence-corrected chi connectivity index (χ3v) is 2.79. The number of nitrogen functional groups attached to an aromatic ring is 1. The maximum absolute atomic E-state index is 11.7. The van der Waals surface area contributed by atoms with Crippen LogP contribution in [-0.4, -0.2) is 34.5 Å². The molecule has 1 aromatic rings. The molecule has 0 aliphatic carbocycles.